The van der Waals surface area contributed by atoms with Gasteiger partial charge in [0.05, 0.1) is 31.8 Å². The second-order valence-corrected chi connectivity index (χ2v) is 5.33. The number of fused-ring (bicyclic) bond motifs is 2. The highest BCUT2D eigenvalue weighted by Crippen LogP contribution is 2.44. The maximum atomic E-state index is 11.9. The number of ether oxygens (including phenoxy) is 2. The summed E-state index contributed by atoms with van der Waals surface area (Å²) >= 11 is 0. The molecule has 20 heavy (non-hydrogen) atoms. The molecule has 2 bridgehead atoms. The van der Waals surface area contributed by atoms with E-state index in [0.29, 0.717) is 5.56 Å². The molecule has 4 atom stereocenters. The van der Waals surface area contributed by atoms with Crippen molar-refractivity contribution >= 4 is 0 Å². The van der Waals surface area contributed by atoms with Gasteiger partial charge in [0.15, 0.2) is 0 Å². The predicted molar refractivity (Wildman–Crippen MR) is 66.3 cm³/mol. The van der Waals surface area contributed by atoms with Crippen LogP contribution < -0.4 is 11.2 Å². The van der Waals surface area contributed by atoms with Crippen molar-refractivity contribution in [3.63, 3.8) is 0 Å². The van der Waals surface area contributed by atoms with Gasteiger partial charge in [0.25, 0.3) is 5.56 Å². The number of H-pyrrole nitrogens is 1. The Morgan fingerprint density at radius 1 is 1.55 bits per heavy atom. The highest BCUT2D eigenvalue weighted by molar-refractivity contribution is 5.07. The van der Waals surface area contributed by atoms with Gasteiger partial charge < -0.3 is 19.7 Å². The Morgan fingerprint density at radius 2 is 2.30 bits per heavy atom. The van der Waals surface area contributed by atoms with Gasteiger partial charge in [0.1, 0.15) is 11.8 Å². The molecule has 8 heteroatoms. The molecule has 2 aliphatic heterocycles. The smallest absolute Gasteiger partial charge is 0.330 e. The Morgan fingerprint density at radius 3 is 2.95 bits per heavy atom. The van der Waals surface area contributed by atoms with Gasteiger partial charge in [-0.1, -0.05) is 0 Å². The van der Waals surface area contributed by atoms with Crippen molar-refractivity contribution in [2.45, 2.75) is 24.9 Å². The quantitative estimate of drug-likeness (QED) is 0.585. The SMILES string of the molecule is Cc1cn([C@H]2O[C@@]3(CO)COC[C@@H]2[C@@H]3O)c(=O)[nH]c1=O. The van der Waals surface area contributed by atoms with Crippen LogP contribution in [0.2, 0.25) is 0 Å². The van der Waals surface area contributed by atoms with E-state index in [1.807, 2.05) is 0 Å². The zero-order valence-corrected chi connectivity index (χ0v) is 10.9. The molecule has 0 unspecified atom stereocenters. The zero-order valence-electron chi connectivity index (χ0n) is 10.9. The molecule has 1 aromatic rings. The highest BCUT2D eigenvalue weighted by Gasteiger charge is 2.58. The first-order valence-corrected chi connectivity index (χ1v) is 6.35. The van der Waals surface area contributed by atoms with Crippen molar-refractivity contribution in [1.29, 1.82) is 0 Å². The third-order valence-electron chi connectivity index (χ3n) is 4.01. The predicted octanol–water partition coefficient (Wildman–Crippen LogP) is -1.89. The molecule has 3 N–H and O–H groups in total. The highest BCUT2D eigenvalue weighted by atomic mass is 16.6. The van der Waals surface area contributed by atoms with Crippen molar-refractivity contribution in [3.05, 3.63) is 32.6 Å². The fourth-order valence-corrected chi connectivity index (χ4v) is 2.82. The van der Waals surface area contributed by atoms with Crippen LogP contribution >= 0.6 is 0 Å². The van der Waals surface area contributed by atoms with Crippen LogP contribution in [-0.4, -0.2) is 51.3 Å². The molecule has 1 aromatic heterocycles. The molecule has 0 saturated carbocycles. The van der Waals surface area contributed by atoms with Crippen LogP contribution in [0.15, 0.2) is 15.8 Å². The summed E-state index contributed by atoms with van der Waals surface area (Å²) in [6.45, 7) is 1.45. The van der Waals surface area contributed by atoms with Gasteiger partial charge in [0, 0.05) is 11.8 Å². The number of aromatic amines is 1. The van der Waals surface area contributed by atoms with Crippen LogP contribution in [0.25, 0.3) is 0 Å². The summed E-state index contributed by atoms with van der Waals surface area (Å²) in [7, 11) is 0. The van der Waals surface area contributed by atoms with E-state index in [0.717, 1.165) is 0 Å². The van der Waals surface area contributed by atoms with Gasteiger partial charge in [-0.2, -0.15) is 0 Å². The molecule has 0 aliphatic carbocycles. The summed E-state index contributed by atoms with van der Waals surface area (Å²) in [5.41, 5.74) is -1.92. The molecule has 3 heterocycles. The van der Waals surface area contributed by atoms with E-state index in [-0.39, 0.29) is 13.2 Å². The van der Waals surface area contributed by atoms with Gasteiger partial charge in [-0.3, -0.25) is 14.3 Å². The Kier molecular flexibility index (Phi) is 3.05. The van der Waals surface area contributed by atoms with E-state index in [1.165, 1.54) is 10.8 Å². The molecule has 8 nitrogen and oxygen atoms in total. The van der Waals surface area contributed by atoms with Gasteiger partial charge in [0.2, 0.25) is 0 Å². The van der Waals surface area contributed by atoms with Crippen molar-refractivity contribution in [2.24, 2.45) is 5.92 Å². The summed E-state index contributed by atoms with van der Waals surface area (Å²) in [5, 5.41) is 19.7. The number of aryl methyl sites for hydroxylation is 1. The Bertz CT molecular complexity index is 638. The second-order valence-electron chi connectivity index (χ2n) is 5.33. The van der Waals surface area contributed by atoms with Crippen molar-refractivity contribution in [3.8, 4) is 0 Å². The number of aromatic nitrogens is 2. The van der Waals surface area contributed by atoms with E-state index in [4.69, 9.17) is 9.47 Å². The number of hydrogen-bond acceptors (Lipinski definition) is 6. The van der Waals surface area contributed by atoms with E-state index in [9.17, 15) is 19.8 Å². The minimum atomic E-state index is -1.21. The van der Waals surface area contributed by atoms with E-state index >= 15 is 0 Å². The standard InChI is InChI=1S/C12H16N2O6/c1-6-2-14(11(18)13-9(6)17)10-7-3-19-5-12(4-15,20-10)8(7)16/h2,7-8,10,15-16H,3-5H2,1H3,(H,13,17,18)/t7-,8+,10+,12+/m1/s1. The lowest BCUT2D eigenvalue weighted by molar-refractivity contribution is -0.163. The van der Waals surface area contributed by atoms with Crippen molar-refractivity contribution < 1.29 is 19.7 Å². The summed E-state index contributed by atoms with van der Waals surface area (Å²) in [4.78, 5) is 25.5. The number of aliphatic hydroxyl groups is 2. The third kappa shape index (κ3) is 1.76. The topological polar surface area (TPSA) is 114 Å². The average Bonchev–Trinajstić information content (AvgIpc) is 2.60. The lowest BCUT2D eigenvalue weighted by Crippen LogP contribution is -2.52. The van der Waals surface area contributed by atoms with Crippen LogP contribution in [-0.2, 0) is 9.47 Å². The Balaban J connectivity index is 2.06. The third-order valence-corrected chi connectivity index (χ3v) is 4.01. The molecule has 110 valence electrons. The van der Waals surface area contributed by atoms with Crippen molar-refractivity contribution in [1.82, 2.24) is 9.55 Å². The molecular weight excluding hydrogens is 268 g/mol. The first-order chi connectivity index (χ1) is 9.48. The maximum Gasteiger partial charge on any atom is 0.330 e. The molecule has 2 aliphatic rings. The first-order valence-electron chi connectivity index (χ1n) is 6.35. The number of hydrogen-bond donors (Lipinski definition) is 3. The zero-order chi connectivity index (χ0) is 14.5. The monoisotopic (exact) mass is 284 g/mol. The van der Waals surface area contributed by atoms with Gasteiger partial charge >= 0.3 is 5.69 Å². The largest absolute Gasteiger partial charge is 0.393 e. The van der Waals surface area contributed by atoms with Crippen molar-refractivity contribution in [2.75, 3.05) is 19.8 Å². The Labute approximate surface area is 113 Å². The normalized spacial score (nSPS) is 36.2. The molecule has 0 radical (unpaired) electrons. The number of aliphatic hydroxyl groups excluding tert-OH is 2. The molecular formula is C12H16N2O6. The van der Waals surface area contributed by atoms with E-state index in [2.05, 4.69) is 4.98 Å². The summed E-state index contributed by atoms with van der Waals surface area (Å²) in [6, 6.07) is 0. The fraction of sp³-hybridized carbons (Fsp3) is 0.667. The van der Waals surface area contributed by atoms with Gasteiger partial charge in [-0.25, -0.2) is 4.79 Å². The van der Waals surface area contributed by atoms with Crippen LogP contribution in [0.5, 0.6) is 0 Å². The summed E-state index contributed by atoms with van der Waals surface area (Å²) in [6.07, 6.45) is -0.308. The molecule has 0 spiro atoms. The molecule has 2 fully saturated rings. The van der Waals surface area contributed by atoms with E-state index in [1.54, 1.807) is 6.92 Å². The average molecular weight is 284 g/mol. The minimum absolute atomic E-state index is 0.0642. The second kappa shape index (κ2) is 4.52. The molecule has 2 saturated heterocycles. The van der Waals surface area contributed by atoms with Crippen LogP contribution in [0.3, 0.4) is 0 Å². The maximum absolute atomic E-state index is 11.9. The lowest BCUT2D eigenvalue weighted by atomic mass is 9.89. The number of nitrogens with zero attached hydrogens (tertiary/aromatic N) is 1. The lowest BCUT2D eigenvalue weighted by Gasteiger charge is -2.33. The van der Waals surface area contributed by atoms with Crippen LogP contribution in [0.1, 0.15) is 11.8 Å². The van der Waals surface area contributed by atoms with Gasteiger partial charge in [-0.15, -0.1) is 0 Å². The first kappa shape index (κ1) is 13.5. The van der Waals surface area contributed by atoms with Crippen LogP contribution in [0, 0.1) is 12.8 Å². The fourth-order valence-electron chi connectivity index (χ4n) is 2.82. The summed E-state index contributed by atoms with van der Waals surface area (Å²) in [5.74, 6) is -0.473. The molecule has 3 rings (SSSR count). The minimum Gasteiger partial charge on any atom is -0.393 e. The van der Waals surface area contributed by atoms with E-state index < -0.39 is 41.7 Å². The number of nitrogens with one attached hydrogen (secondary N) is 1. The summed E-state index contributed by atoms with van der Waals surface area (Å²) < 4.78 is 12.3. The molecule has 0 amide bonds. The van der Waals surface area contributed by atoms with Crippen LogP contribution in [0.4, 0.5) is 0 Å². The number of rotatable bonds is 2. The Hall–Kier alpha value is -1.48. The molecule has 0 aromatic carbocycles. The van der Waals surface area contributed by atoms with Gasteiger partial charge in [-0.05, 0) is 6.92 Å².